The van der Waals surface area contributed by atoms with Gasteiger partial charge in [-0.1, -0.05) is 30.3 Å². The molecular weight excluding hydrogens is 364 g/mol. The highest BCUT2D eigenvalue weighted by atomic mass is 16.2. The van der Waals surface area contributed by atoms with Crippen LogP contribution in [0.4, 0.5) is 0 Å². The van der Waals surface area contributed by atoms with Gasteiger partial charge in [0.1, 0.15) is 0 Å². The molecule has 6 heteroatoms. The van der Waals surface area contributed by atoms with Gasteiger partial charge >= 0.3 is 0 Å². The highest BCUT2D eigenvalue weighted by molar-refractivity contribution is 5.87. The molecule has 1 aromatic heterocycles. The average Bonchev–Trinajstić information content (AvgIpc) is 3.32. The van der Waals surface area contributed by atoms with Crippen molar-refractivity contribution in [2.75, 3.05) is 19.6 Å². The number of amides is 2. The van der Waals surface area contributed by atoms with Crippen LogP contribution in [0, 0.1) is 5.41 Å². The van der Waals surface area contributed by atoms with E-state index in [4.69, 9.17) is 0 Å². The third kappa shape index (κ3) is 3.45. The topological polar surface area (TPSA) is 58.4 Å². The molecule has 29 heavy (non-hydrogen) atoms. The fraction of sp³-hybridized carbons (Fsp3) is 0.522. The Morgan fingerprint density at radius 3 is 2.69 bits per heavy atom. The molecule has 4 rings (SSSR count). The van der Waals surface area contributed by atoms with Crippen molar-refractivity contribution in [2.45, 2.75) is 52.1 Å². The second-order valence-corrected chi connectivity index (χ2v) is 8.72. The predicted octanol–water partition coefficient (Wildman–Crippen LogP) is 3.22. The van der Waals surface area contributed by atoms with Crippen LogP contribution >= 0.6 is 0 Å². The molecule has 2 aliphatic heterocycles. The van der Waals surface area contributed by atoms with E-state index >= 15 is 0 Å². The Bertz CT molecular complexity index is 891. The Morgan fingerprint density at radius 2 is 2.00 bits per heavy atom. The Kier molecular flexibility index (Phi) is 5.19. The number of likely N-dealkylation sites (tertiary alicyclic amines) is 2. The van der Waals surface area contributed by atoms with Crippen LogP contribution in [0.15, 0.2) is 42.6 Å². The van der Waals surface area contributed by atoms with Crippen LogP contribution in [0.1, 0.15) is 56.8 Å². The summed E-state index contributed by atoms with van der Waals surface area (Å²) in [5, 5.41) is 4.51. The van der Waals surface area contributed by atoms with Gasteiger partial charge in [0, 0.05) is 57.0 Å². The van der Waals surface area contributed by atoms with Crippen LogP contribution < -0.4 is 0 Å². The number of carbonyl (C=O) groups excluding carboxylic acids is 2. The van der Waals surface area contributed by atoms with Gasteiger partial charge in [0.15, 0.2) is 0 Å². The second kappa shape index (κ2) is 7.65. The van der Waals surface area contributed by atoms with Gasteiger partial charge in [-0.2, -0.15) is 5.10 Å². The third-order valence-electron chi connectivity index (χ3n) is 6.52. The molecule has 0 unspecified atom stereocenters. The van der Waals surface area contributed by atoms with Gasteiger partial charge in [0.25, 0.3) is 0 Å². The van der Waals surface area contributed by atoms with Crippen molar-refractivity contribution < 1.29 is 9.59 Å². The van der Waals surface area contributed by atoms with E-state index in [1.165, 1.54) is 0 Å². The van der Waals surface area contributed by atoms with Gasteiger partial charge in [-0.15, -0.1) is 0 Å². The molecule has 2 saturated heterocycles. The van der Waals surface area contributed by atoms with Crippen molar-refractivity contribution in [3.8, 4) is 0 Å². The predicted molar refractivity (Wildman–Crippen MR) is 111 cm³/mol. The van der Waals surface area contributed by atoms with E-state index in [1.807, 2.05) is 44.9 Å². The number of piperidine rings is 1. The molecule has 0 bridgehead atoms. The number of hydrogen-bond donors (Lipinski definition) is 0. The lowest BCUT2D eigenvalue weighted by Crippen LogP contribution is -2.52. The van der Waals surface area contributed by atoms with E-state index in [0.717, 1.165) is 30.6 Å². The van der Waals surface area contributed by atoms with Crippen molar-refractivity contribution in [2.24, 2.45) is 5.41 Å². The summed E-state index contributed by atoms with van der Waals surface area (Å²) in [4.78, 5) is 30.0. The summed E-state index contributed by atoms with van der Waals surface area (Å²) in [5.41, 5.74) is 1.65. The number of aromatic nitrogens is 2. The smallest absolute Gasteiger partial charge is 0.231 e. The fourth-order valence-corrected chi connectivity index (χ4v) is 5.09. The van der Waals surface area contributed by atoms with E-state index in [-0.39, 0.29) is 23.8 Å². The first kappa shape index (κ1) is 19.7. The normalized spacial score (nSPS) is 24.7. The summed E-state index contributed by atoms with van der Waals surface area (Å²) in [6.45, 7) is 8.28. The molecule has 0 N–H and O–H groups in total. The number of hydrogen-bond acceptors (Lipinski definition) is 3. The van der Waals surface area contributed by atoms with Gasteiger partial charge in [-0.05, 0) is 38.3 Å². The van der Waals surface area contributed by atoms with E-state index in [1.54, 1.807) is 6.92 Å². The van der Waals surface area contributed by atoms with E-state index in [2.05, 4.69) is 31.1 Å². The molecule has 2 fully saturated rings. The van der Waals surface area contributed by atoms with Crippen LogP contribution in [0.5, 0.6) is 0 Å². The SMILES string of the molecule is CC(=O)N1C[C@@H](c2ccnn2C(C)C)[C@@]2(CCCN(Cc3ccccc3)C2=O)C1. The van der Waals surface area contributed by atoms with Crippen molar-refractivity contribution in [3.63, 3.8) is 0 Å². The number of nitrogens with zero attached hydrogens (tertiary/aromatic N) is 4. The Morgan fingerprint density at radius 1 is 1.24 bits per heavy atom. The summed E-state index contributed by atoms with van der Waals surface area (Å²) in [7, 11) is 0. The van der Waals surface area contributed by atoms with Gasteiger partial charge in [0.05, 0.1) is 5.41 Å². The highest BCUT2D eigenvalue weighted by Crippen LogP contribution is 2.49. The Hall–Kier alpha value is -2.63. The Labute approximate surface area is 172 Å². The standard InChI is InChI=1S/C23H30N4O2/c1-17(2)27-21(10-12-24-27)20-15-26(18(3)28)16-23(20)11-7-13-25(22(23)29)14-19-8-5-4-6-9-19/h4-6,8-10,12,17,20H,7,11,13-16H2,1-3H3/t20-,23+/m0/s1. The number of carbonyl (C=O) groups is 2. The van der Waals surface area contributed by atoms with Gasteiger partial charge in [-0.25, -0.2) is 0 Å². The van der Waals surface area contributed by atoms with Gasteiger partial charge in [-0.3, -0.25) is 14.3 Å². The molecular formula is C23H30N4O2. The van der Waals surface area contributed by atoms with Crippen LogP contribution in [-0.4, -0.2) is 51.0 Å². The maximum absolute atomic E-state index is 13.9. The lowest BCUT2D eigenvalue weighted by atomic mass is 9.70. The van der Waals surface area contributed by atoms with E-state index < -0.39 is 5.41 Å². The quantitative estimate of drug-likeness (QED) is 0.800. The summed E-state index contributed by atoms with van der Waals surface area (Å²) in [6, 6.07) is 12.4. The van der Waals surface area contributed by atoms with Gasteiger partial charge < -0.3 is 9.80 Å². The molecule has 154 valence electrons. The monoisotopic (exact) mass is 394 g/mol. The molecule has 2 atom stereocenters. The molecule has 3 heterocycles. The zero-order valence-electron chi connectivity index (χ0n) is 17.5. The molecule has 0 aliphatic carbocycles. The fourth-order valence-electron chi connectivity index (χ4n) is 5.09. The minimum Gasteiger partial charge on any atom is -0.341 e. The lowest BCUT2D eigenvalue weighted by molar-refractivity contribution is -0.147. The van der Waals surface area contributed by atoms with Crippen LogP contribution in [0.2, 0.25) is 0 Å². The third-order valence-corrected chi connectivity index (χ3v) is 6.52. The van der Waals surface area contributed by atoms with Crippen molar-refractivity contribution in [1.82, 2.24) is 19.6 Å². The molecule has 6 nitrogen and oxygen atoms in total. The van der Waals surface area contributed by atoms with Crippen molar-refractivity contribution in [1.29, 1.82) is 0 Å². The number of benzene rings is 1. The molecule has 2 amide bonds. The average molecular weight is 395 g/mol. The zero-order valence-corrected chi connectivity index (χ0v) is 17.5. The number of rotatable bonds is 4. The minimum absolute atomic E-state index is 0.0256. The first-order chi connectivity index (χ1) is 13.9. The second-order valence-electron chi connectivity index (χ2n) is 8.72. The molecule has 2 aromatic rings. The van der Waals surface area contributed by atoms with Crippen LogP contribution in [0.25, 0.3) is 0 Å². The lowest BCUT2D eigenvalue weighted by Gasteiger charge is -2.42. The summed E-state index contributed by atoms with van der Waals surface area (Å²) < 4.78 is 2.01. The van der Waals surface area contributed by atoms with Gasteiger partial charge in [0.2, 0.25) is 11.8 Å². The maximum Gasteiger partial charge on any atom is 0.231 e. The molecule has 0 saturated carbocycles. The minimum atomic E-state index is -0.564. The van der Waals surface area contributed by atoms with Crippen LogP contribution in [0.3, 0.4) is 0 Å². The molecule has 1 spiro atoms. The van der Waals surface area contributed by atoms with Crippen LogP contribution in [-0.2, 0) is 16.1 Å². The summed E-state index contributed by atoms with van der Waals surface area (Å²) in [5.74, 6) is 0.190. The molecule has 1 aromatic carbocycles. The molecule has 0 radical (unpaired) electrons. The summed E-state index contributed by atoms with van der Waals surface area (Å²) in [6.07, 6.45) is 3.58. The first-order valence-corrected chi connectivity index (χ1v) is 10.5. The molecule has 2 aliphatic rings. The largest absolute Gasteiger partial charge is 0.341 e. The maximum atomic E-state index is 13.9. The van der Waals surface area contributed by atoms with Crippen molar-refractivity contribution >= 4 is 11.8 Å². The summed E-state index contributed by atoms with van der Waals surface area (Å²) >= 11 is 0. The Balaban J connectivity index is 1.70. The first-order valence-electron chi connectivity index (χ1n) is 10.5. The van der Waals surface area contributed by atoms with Crippen molar-refractivity contribution in [3.05, 3.63) is 53.9 Å². The zero-order chi connectivity index (χ0) is 20.6. The highest BCUT2D eigenvalue weighted by Gasteiger charge is 2.56. The van der Waals surface area contributed by atoms with E-state index in [9.17, 15) is 9.59 Å². The van der Waals surface area contributed by atoms with E-state index in [0.29, 0.717) is 19.6 Å².